The van der Waals surface area contributed by atoms with Crippen LogP contribution in [-0.4, -0.2) is 27.0 Å². The quantitative estimate of drug-likeness (QED) is 0.278. The van der Waals surface area contributed by atoms with Gasteiger partial charge in [0.1, 0.15) is 12.1 Å². The van der Waals surface area contributed by atoms with Gasteiger partial charge in [0.15, 0.2) is 5.82 Å². The second kappa shape index (κ2) is 9.31. The maximum atomic E-state index is 12.3. The molecule has 0 saturated carbocycles. The highest BCUT2D eigenvalue weighted by molar-refractivity contribution is 5.77. The summed E-state index contributed by atoms with van der Waals surface area (Å²) in [6.07, 6.45) is -2.47. The number of carbonyl (C=O) groups is 1. The van der Waals surface area contributed by atoms with Crippen LogP contribution >= 0.6 is 0 Å². The molecule has 0 fully saturated rings. The van der Waals surface area contributed by atoms with Gasteiger partial charge in [-0.3, -0.25) is 4.79 Å². The molecule has 1 amide bonds. The lowest BCUT2D eigenvalue weighted by Crippen LogP contribution is -2.17. The predicted molar refractivity (Wildman–Crippen MR) is 105 cm³/mol. The molecule has 0 bridgehead atoms. The summed E-state index contributed by atoms with van der Waals surface area (Å²) in [4.78, 5) is 18.4. The third-order valence-electron chi connectivity index (χ3n) is 4.54. The maximum absolute atomic E-state index is 12.3. The second-order valence-corrected chi connectivity index (χ2v) is 6.57. The lowest BCUT2D eigenvalue weighted by atomic mass is 9.92. The topological polar surface area (TPSA) is 106 Å². The molecule has 2 aromatic carbocycles. The van der Waals surface area contributed by atoms with E-state index >= 15 is 0 Å². The van der Waals surface area contributed by atoms with Gasteiger partial charge in [-0.05, 0) is 52.8 Å². The Hall–Kier alpha value is -3.85. The van der Waals surface area contributed by atoms with Gasteiger partial charge >= 0.3 is 6.36 Å². The highest BCUT2D eigenvalue weighted by Gasteiger charge is 2.31. The maximum Gasteiger partial charge on any atom is 0.573 e. The molecule has 3 rings (SSSR count). The van der Waals surface area contributed by atoms with Gasteiger partial charge in [0.25, 0.3) is 0 Å². The number of hydrogen-bond donors (Lipinski definition) is 0. The monoisotopic (exact) mass is 430 g/mol. The number of alkyl halides is 3. The van der Waals surface area contributed by atoms with Crippen molar-refractivity contribution in [2.45, 2.75) is 32.0 Å². The first-order valence-electron chi connectivity index (χ1n) is 9.25. The van der Waals surface area contributed by atoms with Crippen molar-refractivity contribution in [3.05, 3.63) is 70.9 Å². The molecule has 0 aliphatic heterocycles. The fourth-order valence-electron chi connectivity index (χ4n) is 3.02. The fourth-order valence-corrected chi connectivity index (χ4v) is 3.02. The van der Waals surface area contributed by atoms with Gasteiger partial charge in [-0.15, -0.1) is 18.3 Å². The first-order chi connectivity index (χ1) is 14.8. The number of nitrogens with zero attached hydrogens (tertiary/aromatic N) is 6. The highest BCUT2D eigenvalue weighted by Crippen LogP contribution is 2.27. The molecule has 1 aromatic heterocycles. The van der Waals surface area contributed by atoms with Crippen LogP contribution in [0.1, 0.15) is 31.2 Å². The Balaban J connectivity index is 1.73. The summed E-state index contributed by atoms with van der Waals surface area (Å²) in [5.41, 5.74) is 10.5. The Labute approximate surface area is 174 Å². The molecule has 31 heavy (non-hydrogen) atoms. The van der Waals surface area contributed by atoms with Gasteiger partial charge in [0.05, 0.1) is 5.69 Å². The van der Waals surface area contributed by atoms with E-state index in [1.807, 2.05) is 31.2 Å². The van der Waals surface area contributed by atoms with Gasteiger partial charge in [0, 0.05) is 16.9 Å². The summed E-state index contributed by atoms with van der Waals surface area (Å²) in [6.45, 7) is 1.94. The Morgan fingerprint density at radius 3 is 2.45 bits per heavy atom. The van der Waals surface area contributed by atoms with E-state index in [1.54, 1.807) is 0 Å². The largest absolute Gasteiger partial charge is 0.573 e. The number of ether oxygens (including phenoxy) is 1. The van der Waals surface area contributed by atoms with E-state index in [9.17, 15) is 18.0 Å². The number of amides is 1. The smallest absolute Gasteiger partial charge is 0.406 e. The number of rotatable bonds is 7. The molecule has 0 spiro atoms. The molecule has 11 heteroatoms. The summed E-state index contributed by atoms with van der Waals surface area (Å²) < 4.78 is 42.1. The molecule has 3 aromatic rings. The van der Waals surface area contributed by atoms with Crippen molar-refractivity contribution < 1.29 is 22.7 Å². The fraction of sp³-hybridized carbons (Fsp3) is 0.250. The van der Waals surface area contributed by atoms with E-state index < -0.39 is 12.3 Å². The summed E-state index contributed by atoms with van der Waals surface area (Å²) in [7, 11) is 0. The van der Waals surface area contributed by atoms with E-state index in [0.29, 0.717) is 17.9 Å². The SMILES string of the molecule is CCC(CC(=O)N=[N+]=[N-])c1ccc(-c2ncn(-c3ccc(OC(F)(F)F)cc3)n2)cc1. The number of aromatic nitrogens is 3. The average molecular weight is 430 g/mol. The summed E-state index contributed by atoms with van der Waals surface area (Å²) in [5.74, 6) is -0.475. The third kappa shape index (κ3) is 5.83. The second-order valence-electron chi connectivity index (χ2n) is 6.57. The van der Waals surface area contributed by atoms with Crippen LogP contribution in [0.4, 0.5) is 13.2 Å². The summed E-state index contributed by atoms with van der Waals surface area (Å²) >= 11 is 0. The third-order valence-corrected chi connectivity index (χ3v) is 4.54. The summed E-state index contributed by atoms with van der Waals surface area (Å²) in [5, 5.41) is 7.47. The first kappa shape index (κ1) is 21.8. The minimum Gasteiger partial charge on any atom is -0.406 e. The zero-order chi connectivity index (χ0) is 22.4. The van der Waals surface area contributed by atoms with Crippen molar-refractivity contribution >= 4 is 5.91 Å². The standard InChI is InChI=1S/C20H17F3N6O2/c1-2-13(11-18(30)26-28-24)14-3-5-15(6-4-14)19-25-12-29(27-19)16-7-9-17(10-8-16)31-20(21,22)23/h3-10,12-13H,2,11H2,1H3. The first-order valence-corrected chi connectivity index (χ1v) is 9.25. The molecule has 0 radical (unpaired) electrons. The Morgan fingerprint density at radius 2 is 1.87 bits per heavy atom. The van der Waals surface area contributed by atoms with Crippen LogP contribution in [0.25, 0.3) is 27.5 Å². The van der Waals surface area contributed by atoms with Crippen molar-refractivity contribution in [3.8, 4) is 22.8 Å². The average Bonchev–Trinajstić information content (AvgIpc) is 3.22. The number of carbonyl (C=O) groups excluding carboxylic acids is 1. The molecule has 0 N–H and O–H groups in total. The Kier molecular flexibility index (Phi) is 6.56. The zero-order valence-corrected chi connectivity index (χ0v) is 16.3. The van der Waals surface area contributed by atoms with Crippen molar-refractivity contribution in [1.29, 1.82) is 0 Å². The van der Waals surface area contributed by atoms with Crippen LogP contribution < -0.4 is 4.74 Å². The number of azide groups is 1. The molecule has 1 heterocycles. The minimum atomic E-state index is -4.75. The van der Waals surface area contributed by atoms with Crippen LogP contribution in [0, 0.1) is 0 Å². The molecule has 1 atom stereocenters. The molecule has 0 aliphatic rings. The van der Waals surface area contributed by atoms with Crippen molar-refractivity contribution in [2.24, 2.45) is 5.11 Å². The normalized spacial score (nSPS) is 12.1. The number of hydrogen-bond acceptors (Lipinski definition) is 4. The molecule has 0 aliphatic carbocycles. The van der Waals surface area contributed by atoms with Crippen molar-refractivity contribution in [3.63, 3.8) is 0 Å². The van der Waals surface area contributed by atoms with Crippen LogP contribution in [0.15, 0.2) is 60.0 Å². The Morgan fingerprint density at radius 1 is 1.19 bits per heavy atom. The lowest BCUT2D eigenvalue weighted by Gasteiger charge is -2.13. The lowest BCUT2D eigenvalue weighted by molar-refractivity contribution is -0.274. The van der Waals surface area contributed by atoms with Crippen LogP contribution in [0.3, 0.4) is 0 Å². The Bertz CT molecular complexity index is 1090. The molecule has 8 nitrogen and oxygen atoms in total. The van der Waals surface area contributed by atoms with Gasteiger partial charge in [-0.1, -0.05) is 31.2 Å². The molecule has 160 valence electrons. The van der Waals surface area contributed by atoms with E-state index in [4.69, 9.17) is 5.53 Å². The van der Waals surface area contributed by atoms with Crippen molar-refractivity contribution in [1.82, 2.24) is 14.8 Å². The van der Waals surface area contributed by atoms with E-state index in [1.165, 1.54) is 35.3 Å². The van der Waals surface area contributed by atoms with Gasteiger partial charge in [-0.2, -0.15) is 0 Å². The van der Waals surface area contributed by atoms with Gasteiger partial charge in [0.2, 0.25) is 5.91 Å². The molecule has 1 unspecified atom stereocenters. The minimum absolute atomic E-state index is 0.0741. The van der Waals surface area contributed by atoms with Crippen LogP contribution in [-0.2, 0) is 4.79 Å². The zero-order valence-electron chi connectivity index (χ0n) is 16.3. The molecular weight excluding hydrogens is 413 g/mol. The van der Waals surface area contributed by atoms with E-state index in [2.05, 4.69) is 24.8 Å². The number of halogens is 3. The highest BCUT2D eigenvalue weighted by atomic mass is 19.4. The van der Waals surface area contributed by atoms with Gasteiger partial charge in [-0.25, -0.2) is 9.67 Å². The predicted octanol–water partition coefficient (Wildman–Crippen LogP) is 5.55. The van der Waals surface area contributed by atoms with Gasteiger partial charge < -0.3 is 4.74 Å². The molecular formula is C20H17F3N6O2. The van der Waals surface area contributed by atoms with E-state index in [0.717, 1.165) is 11.1 Å². The summed E-state index contributed by atoms with van der Waals surface area (Å²) in [6, 6.07) is 12.6. The number of benzene rings is 2. The van der Waals surface area contributed by atoms with Crippen LogP contribution in [0.5, 0.6) is 5.75 Å². The van der Waals surface area contributed by atoms with E-state index in [-0.39, 0.29) is 18.1 Å². The van der Waals surface area contributed by atoms with Crippen molar-refractivity contribution in [2.75, 3.05) is 0 Å². The molecule has 0 saturated heterocycles. The van der Waals surface area contributed by atoms with Crippen LogP contribution in [0.2, 0.25) is 0 Å².